The first-order valence-corrected chi connectivity index (χ1v) is 5.61. The second kappa shape index (κ2) is 5.93. The van der Waals surface area contributed by atoms with E-state index in [0.717, 1.165) is 31.8 Å². The fourth-order valence-electron chi connectivity index (χ4n) is 1.49. The topological polar surface area (TPSA) is 41.6 Å². The summed E-state index contributed by atoms with van der Waals surface area (Å²) < 4.78 is 0. The molecule has 0 aromatic heterocycles. The van der Waals surface area contributed by atoms with Gasteiger partial charge in [-0.1, -0.05) is 31.2 Å². The van der Waals surface area contributed by atoms with Crippen LogP contribution in [0.5, 0.6) is 0 Å². The SMILES string of the molecule is C=C/C=C(/Cl)N=C(CCC)N1CC(N)C1. The number of allylic oxidation sites excluding steroid dienone is 2. The molecule has 1 aliphatic rings. The maximum atomic E-state index is 5.92. The highest BCUT2D eigenvalue weighted by molar-refractivity contribution is 6.30. The lowest BCUT2D eigenvalue weighted by molar-refractivity contribution is 0.249. The molecule has 0 unspecified atom stereocenters. The van der Waals surface area contributed by atoms with E-state index >= 15 is 0 Å². The van der Waals surface area contributed by atoms with Gasteiger partial charge in [0.2, 0.25) is 0 Å². The zero-order valence-electron chi connectivity index (χ0n) is 9.12. The average molecular weight is 228 g/mol. The predicted octanol–water partition coefficient (Wildman–Crippen LogP) is 2.09. The molecule has 0 atom stereocenters. The molecule has 84 valence electrons. The summed E-state index contributed by atoms with van der Waals surface area (Å²) in [6.45, 7) is 7.48. The Morgan fingerprint density at radius 2 is 2.33 bits per heavy atom. The zero-order chi connectivity index (χ0) is 11.3. The van der Waals surface area contributed by atoms with Crippen LogP contribution in [0.2, 0.25) is 0 Å². The Labute approximate surface area is 96.3 Å². The van der Waals surface area contributed by atoms with Crippen molar-refractivity contribution in [3.05, 3.63) is 23.9 Å². The summed E-state index contributed by atoms with van der Waals surface area (Å²) in [5, 5.41) is 0.480. The normalized spacial score (nSPS) is 19.0. The van der Waals surface area contributed by atoms with Crippen molar-refractivity contribution in [2.24, 2.45) is 10.7 Å². The molecule has 0 amide bonds. The molecule has 0 spiro atoms. The second-order valence-corrected chi connectivity index (χ2v) is 4.06. The molecule has 1 rings (SSSR count). The average Bonchev–Trinajstić information content (AvgIpc) is 2.13. The largest absolute Gasteiger partial charge is 0.357 e. The van der Waals surface area contributed by atoms with Gasteiger partial charge in [-0.05, 0) is 12.5 Å². The minimum absolute atomic E-state index is 0.286. The number of hydrogen-bond acceptors (Lipinski definition) is 2. The van der Waals surface area contributed by atoms with Crippen molar-refractivity contribution in [2.75, 3.05) is 13.1 Å². The molecular weight excluding hydrogens is 210 g/mol. The Morgan fingerprint density at radius 3 is 2.80 bits per heavy atom. The molecule has 15 heavy (non-hydrogen) atoms. The summed E-state index contributed by atoms with van der Waals surface area (Å²) in [5.74, 6) is 1.03. The number of likely N-dealkylation sites (tertiary alicyclic amines) is 1. The number of rotatable bonds is 4. The van der Waals surface area contributed by atoms with Gasteiger partial charge in [0.15, 0.2) is 0 Å². The van der Waals surface area contributed by atoms with Crippen LogP contribution in [0.3, 0.4) is 0 Å². The molecule has 0 radical (unpaired) electrons. The van der Waals surface area contributed by atoms with E-state index < -0.39 is 0 Å². The molecule has 0 saturated carbocycles. The highest BCUT2D eigenvalue weighted by atomic mass is 35.5. The quantitative estimate of drug-likeness (QED) is 0.346. The van der Waals surface area contributed by atoms with Crippen LogP contribution < -0.4 is 5.73 Å². The van der Waals surface area contributed by atoms with Crippen LogP contribution in [0.15, 0.2) is 28.9 Å². The Bertz CT molecular complexity index is 278. The third-order valence-electron chi connectivity index (χ3n) is 2.24. The van der Waals surface area contributed by atoms with Gasteiger partial charge in [-0.15, -0.1) is 0 Å². The van der Waals surface area contributed by atoms with Crippen molar-refractivity contribution >= 4 is 17.4 Å². The first-order chi connectivity index (χ1) is 7.17. The van der Waals surface area contributed by atoms with E-state index in [4.69, 9.17) is 17.3 Å². The molecule has 4 heteroatoms. The predicted molar refractivity (Wildman–Crippen MR) is 66.0 cm³/mol. The number of hydrogen-bond donors (Lipinski definition) is 1. The standard InChI is InChI=1S/C11H18ClN3/c1-3-5-10(12)14-11(6-4-2)15-7-9(13)8-15/h3,5,9H,1,4,6-8,13H2,2H3/b10-5-,14-11?. The summed E-state index contributed by atoms with van der Waals surface area (Å²) in [4.78, 5) is 6.53. The highest BCUT2D eigenvalue weighted by Crippen LogP contribution is 2.14. The van der Waals surface area contributed by atoms with E-state index in [1.165, 1.54) is 0 Å². The van der Waals surface area contributed by atoms with Crippen LogP contribution in [0, 0.1) is 0 Å². The maximum Gasteiger partial charge on any atom is 0.131 e. The van der Waals surface area contributed by atoms with Crippen molar-refractivity contribution in [2.45, 2.75) is 25.8 Å². The molecule has 2 N–H and O–H groups in total. The highest BCUT2D eigenvalue weighted by Gasteiger charge is 2.25. The van der Waals surface area contributed by atoms with E-state index in [-0.39, 0.29) is 6.04 Å². The van der Waals surface area contributed by atoms with Crippen molar-refractivity contribution in [1.29, 1.82) is 0 Å². The Hall–Kier alpha value is -0.800. The van der Waals surface area contributed by atoms with Gasteiger partial charge in [-0.2, -0.15) is 0 Å². The molecular formula is C11H18ClN3. The Kier molecular flexibility index (Phi) is 4.85. The van der Waals surface area contributed by atoms with Crippen LogP contribution in [0.25, 0.3) is 0 Å². The van der Waals surface area contributed by atoms with Gasteiger partial charge in [-0.25, -0.2) is 4.99 Å². The number of aliphatic imine (C=N–C) groups is 1. The van der Waals surface area contributed by atoms with Crippen molar-refractivity contribution < 1.29 is 0 Å². The first kappa shape index (κ1) is 12.3. The number of halogens is 1. The molecule has 1 saturated heterocycles. The molecule has 0 aliphatic carbocycles. The van der Waals surface area contributed by atoms with Crippen LogP contribution in [-0.4, -0.2) is 29.9 Å². The first-order valence-electron chi connectivity index (χ1n) is 5.23. The van der Waals surface area contributed by atoms with Gasteiger partial charge < -0.3 is 10.6 Å². The van der Waals surface area contributed by atoms with Gasteiger partial charge in [0.1, 0.15) is 11.0 Å². The van der Waals surface area contributed by atoms with E-state index in [2.05, 4.69) is 23.4 Å². The van der Waals surface area contributed by atoms with E-state index in [9.17, 15) is 0 Å². The van der Waals surface area contributed by atoms with Crippen LogP contribution in [0.4, 0.5) is 0 Å². The van der Waals surface area contributed by atoms with Crippen LogP contribution >= 0.6 is 11.6 Å². The fourth-order valence-corrected chi connectivity index (χ4v) is 1.68. The molecule has 3 nitrogen and oxygen atoms in total. The minimum Gasteiger partial charge on any atom is -0.357 e. The smallest absolute Gasteiger partial charge is 0.131 e. The van der Waals surface area contributed by atoms with Crippen LogP contribution in [-0.2, 0) is 0 Å². The van der Waals surface area contributed by atoms with Crippen molar-refractivity contribution in [1.82, 2.24) is 4.90 Å². The molecule has 0 aromatic carbocycles. The van der Waals surface area contributed by atoms with Crippen molar-refractivity contribution in [3.8, 4) is 0 Å². The summed E-state index contributed by atoms with van der Waals surface area (Å²) in [5.41, 5.74) is 5.73. The second-order valence-electron chi connectivity index (χ2n) is 3.67. The molecule has 0 bridgehead atoms. The molecule has 0 aromatic rings. The zero-order valence-corrected chi connectivity index (χ0v) is 9.87. The number of nitrogens with two attached hydrogens (primary N) is 1. The fraction of sp³-hybridized carbons (Fsp3) is 0.545. The number of amidine groups is 1. The summed E-state index contributed by atoms with van der Waals surface area (Å²) >= 11 is 5.92. The van der Waals surface area contributed by atoms with Gasteiger partial charge in [0.25, 0.3) is 0 Å². The molecule has 1 fully saturated rings. The van der Waals surface area contributed by atoms with E-state index in [1.54, 1.807) is 12.2 Å². The van der Waals surface area contributed by atoms with Gasteiger partial charge in [0.05, 0.1) is 0 Å². The Balaban J connectivity index is 2.64. The van der Waals surface area contributed by atoms with Gasteiger partial charge in [-0.3, -0.25) is 0 Å². The summed E-state index contributed by atoms with van der Waals surface area (Å²) in [6.07, 6.45) is 5.32. The summed E-state index contributed by atoms with van der Waals surface area (Å²) in [7, 11) is 0. The minimum atomic E-state index is 0.286. The van der Waals surface area contributed by atoms with Crippen LogP contribution in [0.1, 0.15) is 19.8 Å². The maximum absolute atomic E-state index is 5.92. The lowest BCUT2D eigenvalue weighted by atomic mass is 10.1. The van der Waals surface area contributed by atoms with E-state index in [0.29, 0.717) is 5.16 Å². The lowest BCUT2D eigenvalue weighted by Gasteiger charge is -2.39. The summed E-state index contributed by atoms with van der Waals surface area (Å²) in [6, 6.07) is 0.286. The monoisotopic (exact) mass is 227 g/mol. The number of nitrogens with zero attached hydrogens (tertiary/aromatic N) is 2. The lowest BCUT2D eigenvalue weighted by Crippen LogP contribution is -2.57. The Morgan fingerprint density at radius 1 is 1.67 bits per heavy atom. The van der Waals surface area contributed by atoms with Gasteiger partial charge in [0, 0.05) is 25.6 Å². The third kappa shape index (κ3) is 3.68. The van der Waals surface area contributed by atoms with Gasteiger partial charge >= 0.3 is 0 Å². The van der Waals surface area contributed by atoms with Crippen molar-refractivity contribution in [3.63, 3.8) is 0 Å². The van der Waals surface area contributed by atoms with E-state index in [1.807, 2.05) is 0 Å². The molecule has 1 heterocycles. The third-order valence-corrected chi connectivity index (χ3v) is 2.45. The molecule has 1 aliphatic heterocycles.